The van der Waals surface area contributed by atoms with Crippen molar-refractivity contribution in [1.82, 2.24) is 9.78 Å². The number of nitrogens with zero attached hydrogens (tertiary/aromatic N) is 2. The summed E-state index contributed by atoms with van der Waals surface area (Å²) in [6.45, 7) is 6.91. The minimum atomic E-state index is 0.0949. The van der Waals surface area contributed by atoms with Gasteiger partial charge in [-0.3, -0.25) is 4.68 Å². The van der Waals surface area contributed by atoms with Gasteiger partial charge in [0.05, 0.1) is 12.3 Å². The molecular formula is C8H14N2O. The van der Waals surface area contributed by atoms with E-state index in [1.165, 1.54) is 0 Å². The zero-order valence-corrected chi connectivity index (χ0v) is 7.26. The minimum Gasteiger partial charge on any atom is -0.392 e. The first-order valence-corrected chi connectivity index (χ1v) is 3.84. The lowest BCUT2D eigenvalue weighted by Gasteiger charge is -1.98. The average molecular weight is 154 g/mol. The predicted octanol–water partition coefficient (Wildman–Crippen LogP) is 1.01. The lowest BCUT2D eigenvalue weighted by atomic mass is 10.2. The van der Waals surface area contributed by atoms with Crippen LogP contribution in [0.25, 0.3) is 0 Å². The normalized spacial score (nSPS) is 10.5. The Morgan fingerprint density at radius 1 is 1.45 bits per heavy atom. The fraction of sp³-hybridized carbons (Fsp3) is 0.625. The highest BCUT2D eigenvalue weighted by molar-refractivity contribution is 5.23. The lowest BCUT2D eigenvalue weighted by Crippen LogP contribution is -1.99. The third-order valence-electron chi connectivity index (χ3n) is 1.99. The fourth-order valence-corrected chi connectivity index (χ4v) is 1.27. The second kappa shape index (κ2) is 3.05. The zero-order valence-electron chi connectivity index (χ0n) is 7.26. The smallest absolute Gasteiger partial charge is 0.0718 e. The van der Waals surface area contributed by atoms with Crippen LogP contribution in [0.4, 0.5) is 0 Å². The van der Waals surface area contributed by atoms with Crippen LogP contribution >= 0.6 is 0 Å². The molecule has 0 atom stereocenters. The third kappa shape index (κ3) is 1.28. The number of rotatable bonds is 2. The second-order valence-corrected chi connectivity index (χ2v) is 2.62. The SMILES string of the molecule is CCn1nc(C)c(CO)c1C. The van der Waals surface area contributed by atoms with E-state index < -0.39 is 0 Å². The van der Waals surface area contributed by atoms with Crippen LogP contribution in [-0.2, 0) is 13.2 Å². The maximum atomic E-state index is 8.95. The summed E-state index contributed by atoms with van der Waals surface area (Å²) >= 11 is 0. The number of aromatic nitrogens is 2. The van der Waals surface area contributed by atoms with E-state index in [0.29, 0.717) is 0 Å². The Balaban J connectivity index is 3.14. The molecule has 0 spiro atoms. The largest absolute Gasteiger partial charge is 0.392 e. The van der Waals surface area contributed by atoms with Crippen molar-refractivity contribution in [3.8, 4) is 0 Å². The molecule has 3 heteroatoms. The van der Waals surface area contributed by atoms with E-state index >= 15 is 0 Å². The molecule has 1 heterocycles. The quantitative estimate of drug-likeness (QED) is 0.690. The van der Waals surface area contributed by atoms with E-state index in [-0.39, 0.29) is 6.61 Å². The summed E-state index contributed by atoms with van der Waals surface area (Å²) < 4.78 is 1.90. The molecule has 0 aliphatic heterocycles. The van der Waals surface area contributed by atoms with Crippen molar-refractivity contribution < 1.29 is 5.11 Å². The number of hydrogen-bond donors (Lipinski definition) is 1. The molecular weight excluding hydrogens is 140 g/mol. The van der Waals surface area contributed by atoms with Crippen LogP contribution in [0.15, 0.2) is 0 Å². The molecule has 3 nitrogen and oxygen atoms in total. The van der Waals surface area contributed by atoms with Crippen LogP contribution in [0.1, 0.15) is 23.9 Å². The van der Waals surface area contributed by atoms with Crippen LogP contribution in [0.5, 0.6) is 0 Å². The summed E-state index contributed by atoms with van der Waals surface area (Å²) in [5.41, 5.74) is 2.98. The van der Waals surface area contributed by atoms with Crippen LogP contribution in [0.2, 0.25) is 0 Å². The molecule has 1 N–H and O–H groups in total. The number of aliphatic hydroxyl groups excluding tert-OH is 1. The monoisotopic (exact) mass is 154 g/mol. The molecule has 11 heavy (non-hydrogen) atoms. The first-order chi connectivity index (χ1) is 5.20. The highest BCUT2D eigenvalue weighted by Crippen LogP contribution is 2.11. The van der Waals surface area contributed by atoms with Crippen molar-refractivity contribution >= 4 is 0 Å². The summed E-state index contributed by atoms with van der Waals surface area (Å²) in [5, 5.41) is 13.2. The second-order valence-electron chi connectivity index (χ2n) is 2.62. The van der Waals surface area contributed by atoms with Gasteiger partial charge in [0.1, 0.15) is 0 Å². The van der Waals surface area contributed by atoms with Crippen LogP contribution in [-0.4, -0.2) is 14.9 Å². The van der Waals surface area contributed by atoms with Gasteiger partial charge in [0, 0.05) is 17.8 Å². The van der Waals surface area contributed by atoms with Crippen LogP contribution < -0.4 is 0 Å². The lowest BCUT2D eigenvalue weighted by molar-refractivity contribution is 0.280. The van der Waals surface area contributed by atoms with Gasteiger partial charge in [-0.15, -0.1) is 0 Å². The molecule has 1 aromatic rings. The Bertz CT molecular complexity index is 253. The molecule has 1 rings (SSSR count). The first kappa shape index (κ1) is 8.27. The molecule has 0 aliphatic rings. The molecule has 0 radical (unpaired) electrons. The van der Waals surface area contributed by atoms with Gasteiger partial charge in [0.2, 0.25) is 0 Å². The number of hydrogen-bond acceptors (Lipinski definition) is 2. The molecule has 0 bridgehead atoms. The Morgan fingerprint density at radius 2 is 2.09 bits per heavy atom. The number of aryl methyl sites for hydroxylation is 2. The van der Waals surface area contributed by atoms with E-state index in [0.717, 1.165) is 23.5 Å². The molecule has 0 unspecified atom stereocenters. The molecule has 0 saturated carbocycles. The van der Waals surface area contributed by atoms with Gasteiger partial charge in [-0.1, -0.05) is 0 Å². The summed E-state index contributed by atoms with van der Waals surface area (Å²) in [6.07, 6.45) is 0. The standard InChI is InChI=1S/C8H14N2O/c1-4-10-7(3)8(5-11)6(2)9-10/h11H,4-5H2,1-3H3. The average Bonchev–Trinajstić information content (AvgIpc) is 2.26. The number of aliphatic hydroxyl groups is 1. The molecule has 0 saturated heterocycles. The molecule has 62 valence electrons. The minimum absolute atomic E-state index is 0.0949. The Kier molecular flexibility index (Phi) is 2.29. The summed E-state index contributed by atoms with van der Waals surface area (Å²) in [4.78, 5) is 0. The predicted molar refractivity (Wildman–Crippen MR) is 43.3 cm³/mol. The van der Waals surface area contributed by atoms with Crippen molar-refractivity contribution in [3.63, 3.8) is 0 Å². The Hall–Kier alpha value is -0.830. The molecule has 0 aromatic carbocycles. The topological polar surface area (TPSA) is 38.0 Å². The fourth-order valence-electron chi connectivity index (χ4n) is 1.27. The van der Waals surface area contributed by atoms with Gasteiger partial charge in [0.15, 0.2) is 0 Å². The van der Waals surface area contributed by atoms with Gasteiger partial charge in [-0.05, 0) is 20.8 Å². The van der Waals surface area contributed by atoms with Gasteiger partial charge in [-0.2, -0.15) is 5.10 Å². The van der Waals surface area contributed by atoms with Crippen LogP contribution in [0.3, 0.4) is 0 Å². The van der Waals surface area contributed by atoms with Gasteiger partial charge in [0.25, 0.3) is 0 Å². The van der Waals surface area contributed by atoms with E-state index in [1.807, 2.05) is 25.5 Å². The highest BCUT2D eigenvalue weighted by Gasteiger charge is 2.07. The Labute approximate surface area is 66.7 Å². The van der Waals surface area contributed by atoms with Crippen molar-refractivity contribution in [2.24, 2.45) is 0 Å². The van der Waals surface area contributed by atoms with Gasteiger partial charge in [-0.25, -0.2) is 0 Å². The third-order valence-corrected chi connectivity index (χ3v) is 1.99. The van der Waals surface area contributed by atoms with Crippen molar-refractivity contribution in [2.75, 3.05) is 0 Å². The van der Waals surface area contributed by atoms with E-state index in [9.17, 15) is 0 Å². The van der Waals surface area contributed by atoms with E-state index in [4.69, 9.17) is 5.11 Å². The van der Waals surface area contributed by atoms with Crippen molar-refractivity contribution in [1.29, 1.82) is 0 Å². The summed E-state index contributed by atoms with van der Waals surface area (Å²) in [5.74, 6) is 0. The van der Waals surface area contributed by atoms with E-state index in [2.05, 4.69) is 5.10 Å². The zero-order chi connectivity index (χ0) is 8.43. The van der Waals surface area contributed by atoms with Gasteiger partial charge < -0.3 is 5.11 Å². The summed E-state index contributed by atoms with van der Waals surface area (Å²) in [7, 11) is 0. The first-order valence-electron chi connectivity index (χ1n) is 3.84. The highest BCUT2D eigenvalue weighted by atomic mass is 16.3. The Morgan fingerprint density at radius 3 is 2.36 bits per heavy atom. The molecule has 0 amide bonds. The van der Waals surface area contributed by atoms with Crippen molar-refractivity contribution in [2.45, 2.75) is 33.9 Å². The van der Waals surface area contributed by atoms with Crippen molar-refractivity contribution in [3.05, 3.63) is 17.0 Å². The molecule has 1 aromatic heterocycles. The maximum absolute atomic E-state index is 8.95. The van der Waals surface area contributed by atoms with E-state index in [1.54, 1.807) is 0 Å². The van der Waals surface area contributed by atoms with Gasteiger partial charge >= 0.3 is 0 Å². The molecule has 0 fully saturated rings. The molecule has 0 aliphatic carbocycles. The summed E-state index contributed by atoms with van der Waals surface area (Å²) in [6, 6.07) is 0. The van der Waals surface area contributed by atoms with Crippen LogP contribution in [0, 0.1) is 13.8 Å². The maximum Gasteiger partial charge on any atom is 0.0718 e.